The highest BCUT2D eigenvalue weighted by molar-refractivity contribution is 5.94. The van der Waals surface area contributed by atoms with Gasteiger partial charge in [-0.05, 0) is 49.6 Å². The molecule has 1 atom stereocenters. The molecule has 7 nitrogen and oxygen atoms in total. The Kier molecular flexibility index (Phi) is 4.56. The maximum absolute atomic E-state index is 12.1. The second-order valence-corrected chi connectivity index (χ2v) is 6.05. The van der Waals surface area contributed by atoms with Crippen molar-refractivity contribution in [3.05, 3.63) is 53.5 Å². The number of nitrogens with one attached hydrogen (secondary N) is 2. The maximum atomic E-state index is 12.1. The van der Waals surface area contributed by atoms with E-state index >= 15 is 0 Å². The predicted octanol–water partition coefficient (Wildman–Crippen LogP) is 2.82. The smallest absolute Gasteiger partial charge is 0.371 e. The van der Waals surface area contributed by atoms with Gasteiger partial charge in [-0.15, -0.1) is 0 Å². The minimum absolute atomic E-state index is 0.0427. The third-order valence-corrected chi connectivity index (χ3v) is 4.01. The first-order valence-corrected chi connectivity index (χ1v) is 7.99. The number of amides is 2. The van der Waals surface area contributed by atoms with Gasteiger partial charge in [0, 0.05) is 11.6 Å². The second kappa shape index (κ2) is 6.80. The van der Waals surface area contributed by atoms with Crippen molar-refractivity contribution in [2.45, 2.75) is 25.8 Å². The molecule has 1 heterocycles. The van der Waals surface area contributed by atoms with E-state index < -0.39 is 11.9 Å². The van der Waals surface area contributed by atoms with Crippen LogP contribution in [0.2, 0.25) is 0 Å². The summed E-state index contributed by atoms with van der Waals surface area (Å²) in [6.45, 7) is 1.80. The zero-order valence-corrected chi connectivity index (χ0v) is 13.6. The molecule has 130 valence electrons. The van der Waals surface area contributed by atoms with Crippen LogP contribution >= 0.6 is 0 Å². The van der Waals surface area contributed by atoms with Gasteiger partial charge in [-0.1, -0.05) is 12.1 Å². The van der Waals surface area contributed by atoms with Crippen molar-refractivity contribution in [1.82, 2.24) is 5.32 Å². The van der Waals surface area contributed by atoms with E-state index in [-0.39, 0.29) is 29.4 Å². The van der Waals surface area contributed by atoms with Gasteiger partial charge in [-0.2, -0.15) is 0 Å². The Labute approximate surface area is 144 Å². The number of aromatic carboxylic acids is 1. The molecule has 7 heteroatoms. The lowest BCUT2D eigenvalue weighted by Crippen LogP contribution is -2.26. The standard InChI is InChI=1S/C18H18N2O5/c1-10(19-17(22)14-8-9-15(25-14)18(23)24)11-4-6-13(7-5-11)20-16(21)12-2-3-12/h4-10,12H,2-3H2,1H3,(H,19,22)(H,20,21)(H,23,24). The van der Waals surface area contributed by atoms with E-state index in [0.717, 1.165) is 24.1 Å². The lowest BCUT2D eigenvalue weighted by atomic mass is 10.1. The molecule has 0 radical (unpaired) electrons. The fraction of sp³-hybridized carbons (Fsp3) is 0.278. The number of carbonyl (C=O) groups is 3. The van der Waals surface area contributed by atoms with Gasteiger partial charge in [-0.25, -0.2) is 4.79 Å². The number of furan rings is 1. The molecule has 1 aliphatic carbocycles. The molecule has 3 N–H and O–H groups in total. The molecule has 3 rings (SSSR count). The number of anilines is 1. The molecule has 0 saturated heterocycles. The Morgan fingerprint density at radius 3 is 2.28 bits per heavy atom. The van der Waals surface area contributed by atoms with Crippen LogP contribution in [0.25, 0.3) is 0 Å². The number of rotatable bonds is 6. The maximum Gasteiger partial charge on any atom is 0.371 e. The number of carboxylic acids is 1. The summed E-state index contributed by atoms with van der Waals surface area (Å²) in [7, 11) is 0. The molecule has 1 saturated carbocycles. The number of carboxylic acid groups (broad SMARTS) is 1. The van der Waals surface area contributed by atoms with Crippen molar-refractivity contribution >= 4 is 23.5 Å². The van der Waals surface area contributed by atoms with E-state index in [1.54, 1.807) is 19.1 Å². The van der Waals surface area contributed by atoms with Gasteiger partial charge in [0.05, 0.1) is 6.04 Å². The minimum atomic E-state index is -1.23. The zero-order chi connectivity index (χ0) is 18.0. The second-order valence-electron chi connectivity index (χ2n) is 6.05. The summed E-state index contributed by atoms with van der Waals surface area (Å²) >= 11 is 0. The minimum Gasteiger partial charge on any atom is -0.475 e. The first kappa shape index (κ1) is 16.8. The molecule has 2 amide bonds. The normalized spacial score (nSPS) is 14.6. The molecule has 1 fully saturated rings. The summed E-state index contributed by atoms with van der Waals surface area (Å²) in [5.41, 5.74) is 1.57. The molecule has 1 aromatic heterocycles. The predicted molar refractivity (Wildman–Crippen MR) is 89.3 cm³/mol. The van der Waals surface area contributed by atoms with Gasteiger partial charge in [0.2, 0.25) is 11.7 Å². The molecular formula is C18H18N2O5. The average molecular weight is 342 g/mol. The van der Waals surface area contributed by atoms with Crippen LogP contribution in [0.1, 0.15) is 52.5 Å². The number of benzene rings is 1. The van der Waals surface area contributed by atoms with Gasteiger partial charge in [0.25, 0.3) is 5.91 Å². The fourth-order valence-electron chi connectivity index (χ4n) is 2.37. The van der Waals surface area contributed by atoms with Crippen molar-refractivity contribution in [2.24, 2.45) is 5.92 Å². The van der Waals surface area contributed by atoms with Crippen LogP contribution in [0, 0.1) is 5.92 Å². The quantitative estimate of drug-likeness (QED) is 0.748. The molecule has 0 spiro atoms. The van der Waals surface area contributed by atoms with Gasteiger partial charge in [0.1, 0.15) is 0 Å². The molecule has 25 heavy (non-hydrogen) atoms. The van der Waals surface area contributed by atoms with Gasteiger partial charge < -0.3 is 20.2 Å². The van der Waals surface area contributed by atoms with Crippen molar-refractivity contribution in [3.63, 3.8) is 0 Å². The van der Waals surface area contributed by atoms with Crippen LogP contribution in [0.4, 0.5) is 5.69 Å². The van der Waals surface area contributed by atoms with E-state index in [4.69, 9.17) is 9.52 Å². The number of hydrogen-bond acceptors (Lipinski definition) is 4. The number of carbonyl (C=O) groups excluding carboxylic acids is 2. The van der Waals surface area contributed by atoms with E-state index in [1.807, 2.05) is 12.1 Å². The van der Waals surface area contributed by atoms with Crippen LogP contribution in [-0.2, 0) is 4.79 Å². The molecule has 0 aliphatic heterocycles. The number of hydrogen-bond donors (Lipinski definition) is 3. The van der Waals surface area contributed by atoms with E-state index in [0.29, 0.717) is 0 Å². The van der Waals surface area contributed by atoms with Crippen LogP contribution in [0.15, 0.2) is 40.8 Å². The highest BCUT2D eigenvalue weighted by atomic mass is 16.4. The van der Waals surface area contributed by atoms with Crippen LogP contribution in [0.3, 0.4) is 0 Å². The average Bonchev–Trinajstić information content (AvgIpc) is 3.31. The third-order valence-electron chi connectivity index (χ3n) is 4.01. The Morgan fingerprint density at radius 2 is 1.72 bits per heavy atom. The van der Waals surface area contributed by atoms with E-state index in [2.05, 4.69) is 10.6 Å². The summed E-state index contributed by atoms with van der Waals surface area (Å²) in [4.78, 5) is 34.6. The van der Waals surface area contributed by atoms with Crippen LogP contribution in [0.5, 0.6) is 0 Å². The van der Waals surface area contributed by atoms with Gasteiger partial charge in [-0.3, -0.25) is 9.59 Å². The summed E-state index contributed by atoms with van der Waals surface area (Å²) < 4.78 is 4.98. The van der Waals surface area contributed by atoms with Crippen LogP contribution < -0.4 is 10.6 Å². The van der Waals surface area contributed by atoms with E-state index in [9.17, 15) is 14.4 Å². The first-order chi connectivity index (χ1) is 11.9. The largest absolute Gasteiger partial charge is 0.475 e. The Bertz CT molecular complexity index is 805. The van der Waals surface area contributed by atoms with Crippen molar-refractivity contribution in [3.8, 4) is 0 Å². The highest BCUT2D eigenvalue weighted by Gasteiger charge is 2.29. The third kappa shape index (κ3) is 4.06. The van der Waals surface area contributed by atoms with Crippen molar-refractivity contribution in [2.75, 3.05) is 5.32 Å². The zero-order valence-electron chi connectivity index (χ0n) is 13.6. The molecule has 1 unspecified atom stereocenters. The summed E-state index contributed by atoms with van der Waals surface area (Å²) in [6.07, 6.45) is 1.90. The van der Waals surface area contributed by atoms with Crippen molar-refractivity contribution in [1.29, 1.82) is 0 Å². The van der Waals surface area contributed by atoms with E-state index in [1.165, 1.54) is 12.1 Å². The summed E-state index contributed by atoms with van der Waals surface area (Å²) in [5, 5.41) is 14.4. The molecule has 1 aromatic carbocycles. The SMILES string of the molecule is CC(NC(=O)c1ccc(C(=O)O)o1)c1ccc(NC(=O)C2CC2)cc1. The molecule has 0 bridgehead atoms. The molecule has 1 aliphatic rings. The first-order valence-electron chi connectivity index (χ1n) is 7.99. The lowest BCUT2D eigenvalue weighted by Gasteiger charge is -2.14. The van der Waals surface area contributed by atoms with Gasteiger partial charge in [0.15, 0.2) is 5.76 Å². The van der Waals surface area contributed by atoms with Crippen molar-refractivity contribution < 1.29 is 23.9 Å². The van der Waals surface area contributed by atoms with Gasteiger partial charge >= 0.3 is 5.97 Å². The Balaban J connectivity index is 1.59. The topological polar surface area (TPSA) is 109 Å². The Morgan fingerprint density at radius 1 is 1.08 bits per heavy atom. The lowest BCUT2D eigenvalue weighted by molar-refractivity contribution is -0.117. The summed E-state index contributed by atoms with van der Waals surface area (Å²) in [5.74, 6) is -1.88. The van der Waals surface area contributed by atoms with Crippen LogP contribution in [-0.4, -0.2) is 22.9 Å². The summed E-state index contributed by atoms with van der Waals surface area (Å²) in [6, 6.07) is 9.46. The fourth-order valence-corrected chi connectivity index (χ4v) is 2.37. The monoisotopic (exact) mass is 342 g/mol. The molecular weight excluding hydrogens is 324 g/mol. The Hall–Kier alpha value is -3.09. The molecule has 2 aromatic rings. The highest BCUT2D eigenvalue weighted by Crippen LogP contribution is 2.30.